The fraction of sp³-hybridized carbons (Fsp3) is 0.250. The third kappa shape index (κ3) is 1.76. The Hall–Kier alpha value is -0.600. The molecule has 0 amide bonds. The maximum atomic E-state index is 5.92. The van der Waals surface area contributed by atoms with Gasteiger partial charge in [0.2, 0.25) is 0 Å². The number of benzene rings is 1. The number of hydrogen-bond donors (Lipinski definition) is 1. The Morgan fingerprint density at radius 2 is 1.83 bits per heavy atom. The van der Waals surface area contributed by atoms with Crippen molar-refractivity contribution in [1.82, 2.24) is 0 Å². The summed E-state index contributed by atoms with van der Waals surface area (Å²) in [6.45, 7) is 0. The molecule has 0 saturated heterocycles. The molecular formula is C8H10Cl2N2. The van der Waals surface area contributed by atoms with E-state index in [1.165, 1.54) is 0 Å². The van der Waals surface area contributed by atoms with Gasteiger partial charge in [-0.25, -0.2) is 0 Å². The first-order chi connectivity index (χ1) is 5.52. The highest BCUT2D eigenvalue weighted by Gasteiger charge is 2.07. The van der Waals surface area contributed by atoms with Crippen LogP contribution in [0.5, 0.6) is 0 Å². The predicted octanol–water partition coefficient (Wildman–Crippen LogP) is 2.64. The topological polar surface area (TPSA) is 29.3 Å². The standard InChI is InChI=1S/C8H10Cl2N2/c1-12(2)8-6(10)3-5(9)4-7(8)11/h3-4H,11H2,1-2H3. The van der Waals surface area contributed by atoms with Crippen LogP contribution in [0.1, 0.15) is 0 Å². The zero-order valence-electron chi connectivity index (χ0n) is 6.94. The van der Waals surface area contributed by atoms with Crippen molar-refractivity contribution >= 4 is 34.6 Å². The minimum Gasteiger partial charge on any atom is -0.397 e. The molecule has 1 rings (SSSR count). The summed E-state index contributed by atoms with van der Waals surface area (Å²) in [5, 5.41) is 1.13. The van der Waals surface area contributed by atoms with Gasteiger partial charge in [0.05, 0.1) is 16.4 Å². The third-order valence-electron chi connectivity index (χ3n) is 1.50. The molecule has 1 aromatic rings. The van der Waals surface area contributed by atoms with Crippen LogP contribution in [-0.2, 0) is 0 Å². The van der Waals surface area contributed by atoms with E-state index in [0.29, 0.717) is 15.7 Å². The average Bonchev–Trinajstić information content (AvgIpc) is 1.82. The van der Waals surface area contributed by atoms with Crippen molar-refractivity contribution in [3.63, 3.8) is 0 Å². The molecule has 0 heterocycles. The van der Waals surface area contributed by atoms with Gasteiger partial charge in [0.25, 0.3) is 0 Å². The molecule has 2 nitrogen and oxygen atoms in total. The van der Waals surface area contributed by atoms with E-state index in [9.17, 15) is 0 Å². The highest BCUT2D eigenvalue weighted by molar-refractivity contribution is 6.37. The van der Waals surface area contributed by atoms with Crippen LogP contribution in [-0.4, -0.2) is 14.1 Å². The van der Waals surface area contributed by atoms with Crippen molar-refractivity contribution in [2.75, 3.05) is 24.7 Å². The van der Waals surface area contributed by atoms with Gasteiger partial charge in [0, 0.05) is 19.1 Å². The van der Waals surface area contributed by atoms with E-state index in [2.05, 4.69) is 0 Å². The van der Waals surface area contributed by atoms with Gasteiger partial charge in [-0.15, -0.1) is 0 Å². The van der Waals surface area contributed by atoms with Crippen molar-refractivity contribution in [3.8, 4) is 0 Å². The monoisotopic (exact) mass is 204 g/mol. The van der Waals surface area contributed by atoms with Crippen LogP contribution in [0.4, 0.5) is 11.4 Å². The Bertz CT molecular complexity index is 274. The Labute approximate surface area is 81.9 Å². The van der Waals surface area contributed by atoms with Gasteiger partial charge < -0.3 is 10.6 Å². The fourth-order valence-corrected chi connectivity index (χ4v) is 1.74. The summed E-state index contributed by atoms with van der Waals surface area (Å²) in [6.07, 6.45) is 0. The quantitative estimate of drug-likeness (QED) is 0.714. The smallest absolute Gasteiger partial charge is 0.0785 e. The lowest BCUT2D eigenvalue weighted by atomic mass is 10.2. The van der Waals surface area contributed by atoms with E-state index in [4.69, 9.17) is 28.9 Å². The fourth-order valence-electron chi connectivity index (χ4n) is 1.06. The number of halogens is 2. The van der Waals surface area contributed by atoms with Crippen LogP contribution in [0.3, 0.4) is 0 Å². The molecule has 0 aliphatic carbocycles. The molecule has 1 aromatic carbocycles. The molecule has 0 unspecified atom stereocenters. The number of nitrogens with zero attached hydrogens (tertiary/aromatic N) is 1. The van der Waals surface area contributed by atoms with Crippen LogP contribution in [0.2, 0.25) is 10.0 Å². The lowest BCUT2D eigenvalue weighted by Gasteiger charge is -2.16. The first-order valence-electron chi connectivity index (χ1n) is 3.44. The first kappa shape index (κ1) is 9.49. The first-order valence-corrected chi connectivity index (χ1v) is 4.20. The Balaban J connectivity index is 3.28. The molecule has 0 aliphatic rings. The molecule has 0 atom stereocenters. The van der Waals surface area contributed by atoms with Gasteiger partial charge in [0.15, 0.2) is 0 Å². The molecule has 0 bridgehead atoms. The second-order valence-corrected chi connectivity index (χ2v) is 3.56. The number of rotatable bonds is 1. The highest BCUT2D eigenvalue weighted by Crippen LogP contribution is 2.33. The van der Waals surface area contributed by atoms with Crippen LogP contribution in [0.15, 0.2) is 12.1 Å². The van der Waals surface area contributed by atoms with E-state index in [1.807, 2.05) is 19.0 Å². The Morgan fingerprint density at radius 1 is 1.25 bits per heavy atom. The largest absolute Gasteiger partial charge is 0.397 e. The van der Waals surface area contributed by atoms with Gasteiger partial charge in [-0.3, -0.25) is 0 Å². The van der Waals surface area contributed by atoms with Crippen molar-refractivity contribution in [1.29, 1.82) is 0 Å². The summed E-state index contributed by atoms with van der Waals surface area (Å²) in [5.74, 6) is 0. The lowest BCUT2D eigenvalue weighted by molar-refractivity contribution is 1.13. The zero-order valence-corrected chi connectivity index (χ0v) is 8.45. The molecule has 2 N–H and O–H groups in total. The molecule has 12 heavy (non-hydrogen) atoms. The minimum atomic E-state index is 0.558. The molecular weight excluding hydrogens is 195 g/mol. The maximum Gasteiger partial charge on any atom is 0.0785 e. The molecule has 0 aromatic heterocycles. The van der Waals surface area contributed by atoms with Crippen LogP contribution in [0, 0.1) is 0 Å². The maximum absolute atomic E-state index is 5.92. The van der Waals surface area contributed by atoms with Crippen molar-refractivity contribution in [3.05, 3.63) is 22.2 Å². The van der Waals surface area contributed by atoms with Gasteiger partial charge in [-0.2, -0.15) is 0 Å². The van der Waals surface area contributed by atoms with E-state index < -0.39 is 0 Å². The molecule has 0 spiro atoms. The minimum absolute atomic E-state index is 0.558. The molecule has 0 radical (unpaired) electrons. The van der Waals surface area contributed by atoms with Gasteiger partial charge in [0.1, 0.15) is 0 Å². The molecule has 0 saturated carbocycles. The van der Waals surface area contributed by atoms with Crippen molar-refractivity contribution < 1.29 is 0 Å². The van der Waals surface area contributed by atoms with E-state index in [1.54, 1.807) is 12.1 Å². The Morgan fingerprint density at radius 3 is 2.25 bits per heavy atom. The molecule has 0 aliphatic heterocycles. The normalized spacial score (nSPS) is 10.0. The second-order valence-electron chi connectivity index (χ2n) is 2.72. The van der Waals surface area contributed by atoms with Crippen molar-refractivity contribution in [2.45, 2.75) is 0 Å². The van der Waals surface area contributed by atoms with Crippen LogP contribution < -0.4 is 10.6 Å². The van der Waals surface area contributed by atoms with Crippen molar-refractivity contribution in [2.24, 2.45) is 0 Å². The molecule has 4 heteroatoms. The van der Waals surface area contributed by atoms with E-state index in [0.717, 1.165) is 5.69 Å². The zero-order chi connectivity index (χ0) is 9.30. The van der Waals surface area contributed by atoms with Gasteiger partial charge >= 0.3 is 0 Å². The number of hydrogen-bond acceptors (Lipinski definition) is 2. The summed E-state index contributed by atoms with van der Waals surface area (Å²) >= 11 is 11.7. The van der Waals surface area contributed by atoms with Crippen LogP contribution in [0.25, 0.3) is 0 Å². The Kier molecular flexibility index (Phi) is 2.70. The highest BCUT2D eigenvalue weighted by atomic mass is 35.5. The van der Waals surface area contributed by atoms with Gasteiger partial charge in [-0.1, -0.05) is 23.2 Å². The van der Waals surface area contributed by atoms with E-state index >= 15 is 0 Å². The SMILES string of the molecule is CN(C)c1c(N)cc(Cl)cc1Cl. The summed E-state index contributed by atoms with van der Waals surface area (Å²) in [7, 11) is 3.76. The summed E-state index contributed by atoms with van der Waals surface area (Å²) in [5.41, 5.74) is 7.11. The number of nitrogens with two attached hydrogens (primary N) is 1. The number of nitrogen functional groups attached to an aromatic ring is 1. The summed E-state index contributed by atoms with van der Waals surface area (Å²) in [4.78, 5) is 1.86. The second kappa shape index (κ2) is 3.42. The van der Waals surface area contributed by atoms with Crippen LogP contribution >= 0.6 is 23.2 Å². The third-order valence-corrected chi connectivity index (χ3v) is 2.01. The lowest BCUT2D eigenvalue weighted by Crippen LogP contribution is -2.11. The van der Waals surface area contributed by atoms with E-state index in [-0.39, 0.29) is 0 Å². The number of anilines is 2. The molecule has 66 valence electrons. The average molecular weight is 205 g/mol. The summed E-state index contributed by atoms with van der Waals surface area (Å²) < 4.78 is 0. The summed E-state index contributed by atoms with van der Waals surface area (Å²) in [6, 6.07) is 3.36. The van der Waals surface area contributed by atoms with Gasteiger partial charge in [-0.05, 0) is 12.1 Å². The molecule has 0 fully saturated rings. The predicted molar refractivity (Wildman–Crippen MR) is 55.2 cm³/mol.